The van der Waals surface area contributed by atoms with Crippen LogP contribution in [-0.4, -0.2) is 14.9 Å². The molecule has 0 saturated heterocycles. The van der Waals surface area contributed by atoms with Gasteiger partial charge in [-0.2, -0.15) is 10.2 Å². The normalized spacial score (nSPS) is 11.2. The van der Waals surface area contributed by atoms with Gasteiger partial charge in [-0.05, 0) is 24.3 Å². The number of anilines is 1. The molecule has 150 valence electrons. The molecule has 9 nitrogen and oxygen atoms in total. The lowest BCUT2D eigenvalue weighted by atomic mass is 10.0. The summed E-state index contributed by atoms with van der Waals surface area (Å²) in [6.07, 6.45) is 0. The van der Waals surface area contributed by atoms with Crippen molar-refractivity contribution in [2.75, 3.05) is 5.73 Å². The van der Waals surface area contributed by atoms with E-state index in [9.17, 15) is 20.2 Å². The number of benzene rings is 2. The Morgan fingerprint density at radius 1 is 1.19 bits per heavy atom. The summed E-state index contributed by atoms with van der Waals surface area (Å²) in [5, 5.41) is 22.8. The molecule has 0 aliphatic heterocycles. The molecule has 5 aromatic rings. The largest absolute Gasteiger partial charge is 0.437 e. The molecule has 5 rings (SSSR count). The van der Waals surface area contributed by atoms with Crippen LogP contribution in [0.4, 0.5) is 11.5 Å². The number of nitrogens with zero attached hydrogens (tertiary/aromatic N) is 3. The first kappa shape index (κ1) is 18.6. The maximum absolute atomic E-state index is 11.8. The number of hydrogen-bond acceptors (Lipinski definition) is 7. The number of aromatic nitrogens is 2. The Labute approximate surface area is 177 Å². The highest BCUT2D eigenvalue weighted by Crippen LogP contribution is 2.38. The summed E-state index contributed by atoms with van der Waals surface area (Å²) in [5.74, 6) is -0.0480. The Kier molecular flexibility index (Phi) is 3.93. The van der Waals surface area contributed by atoms with Crippen molar-refractivity contribution in [1.29, 1.82) is 5.26 Å². The number of rotatable bonds is 2. The Morgan fingerprint density at radius 3 is 2.74 bits per heavy atom. The second-order valence-corrected chi connectivity index (χ2v) is 7.23. The molecule has 0 aliphatic rings. The van der Waals surface area contributed by atoms with Crippen LogP contribution in [0.25, 0.3) is 44.2 Å². The number of hydrogen-bond donors (Lipinski definition) is 2. The van der Waals surface area contributed by atoms with E-state index in [-0.39, 0.29) is 33.2 Å². The summed E-state index contributed by atoms with van der Waals surface area (Å²) >= 11 is 5.95. The van der Waals surface area contributed by atoms with Crippen LogP contribution < -0.4 is 11.2 Å². The van der Waals surface area contributed by atoms with Crippen LogP contribution in [0.3, 0.4) is 0 Å². The zero-order chi connectivity index (χ0) is 21.9. The number of nitrogen functional groups attached to an aromatic ring is 1. The fraction of sp³-hybridized carbons (Fsp3) is 0. The fourth-order valence-electron chi connectivity index (χ4n) is 3.63. The average Bonchev–Trinajstić information content (AvgIpc) is 2.73. The first-order valence-corrected chi connectivity index (χ1v) is 9.28. The molecular weight excluding hydrogens is 422 g/mol. The Bertz CT molecular complexity index is 1680. The monoisotopic (exact) mass is 431 g/mol. The maximum Gasteiger partial charge on any atom is 0.288 e. The number of nitrogens with one attached hydrogen (secondary N) is 1. The van der Waals surface area contributed by atoms with E-state index in [0.717, 1.165) is 0 Å². The first-order chi connectivity index (χ1) is 14.9. The lowest BCUT2D eigenvalue weighted by Crippen LogP contribution is -2.01. The minimum Gasteiger partial charge on any atom is -0.437 e. The van der Waals surface area contributed by atoms with Crippen LogP contribution in [0.5, 0.6) is 0 Å². The number of nitro groups is 1. The van der Waals surface area contributed by atoms with E-state index in [1.165, 1.54) is 24.3 Å². The molecule has 10 heteroatoms. The van der Waals surface area contributed by atoms with E-state index in [0.29, 0.717) is 38.5 Å². The number of nitro benzene ring substituents is 1. The molecule has 3 N–H and O–H groups in total. The number of nitrogens with two attached hydrogens (primary N) is 1. The fourth-order valence-corrected chi connectivity index (χ4v) is 3.82. The molecular formula is C21H10ClN5O4. The van der Waals surface area contributed by atoms with Crippen molar-refractivity contribution in [2.45, 2.75) is 0 Å². The van der Waals surface area contributed by atoms with E-state index in [2.05, 4.69) is 9.97 Å². The van der Waals surface area contributed by atoms with Gasteiger partial charge in [-0.15, -0.1) is 0 Å². The van der Waals surface area contributed by atoms with Crippen molar-refractivity contribution in [3.63, 3.8) is 0 Å². The van der Waals surface area contributed by atoms with Crippen LogP contribution in [0.15, 0.2) is 51.7 Å². The van der Waals surface area contributed by atoms with Gasteiger partial charge in [0.1, 0.15) is 28.1 Å². The van der Waals surface area contributed by atoms with Gasteiger partial charge in [0, 0.05) is 34.2 Å². The smallest absolute Gasteiger partial charge is 0.288 e. The Morgan fingerprint density at radius 2 is 2.00 bits per heavy atom. The lowest BCUT2D eigenvalue weighted by Gasteiger charge is -2.13. The molecule has 0 radical (unpaired) electrons. The number of nitriles is 1. The quantitative estimate of drug-likeness (QED) is 0.180. The molecule has 0 atom stereocenters. The van der Waals surface area contributed by atoms with E-state index < -0.39 is 4.92 Å². The van der Waals surface area contributed by atoms with Crippen molar-refractivity contribution in [3.8, 4) is 17.3 Å². The van der Waals surface area contributed by atoms with Gasteiger partial charge in [-0.1, -0.05) is 17.7 Å². The van der Waals surface area contributed by atoms with Crippen LogP contribution in [-0.2, 0) is 0 Å². The molecule has 0 saturated carbocycles. The van der Waals surface area contributed by atoms with E-state index in [1.807, 2.05) is 6.07 Å². The van der Waals surface area contributed by atoms with Gasteiger partial charge >= 0.3 is 0 Å². The van der Waals surface area contributed by atoms with E-state index in [1.54, 1.807) is 18.2 Å². The van der Waals surface area contributed by atoms with Gasteiger partial charge in [0.15, 0.2) is 5.43 Å². The van der Waals surface area contributed by atoms with Crippen molar-refractivity contribution in [2.24, 2.45) is 0 Å². The first-order valence-electron chi connectivity index (χ1n) is 8.90. The SMILES string of the molecule is N#Cc1c(N)nc2oc3cc(=O)ccc3c3cc(-c4ccc(Cl)c([N+](=O)[O-])c4)[nH]c1c23. The highest BCUT2D eigenvalue weighted by atomic mass is 35.5. The van der Waals surface area contributed by atoms with Gasteiger partial charge in [0.05, 0.1) is 15.8 Å². The van der Waals surface area contributed by atoms with Crippen molar-refractivity contribution in [1.82, 2.24) is 9.97 Å². The molecule has 0 bridgehead atoms. The zero-order valence-electron chi connectivity index (χ0n) is 15.5. The van der Waals surface area contributed by atoms with E-state index >= 15 is 0 Å². The summed E-state index contributed by atoms with van der Waals surface area (Å²) < 4.78 is 5.80. The van der Waals surface area contributed by atoms with Crippen LogP contribution in [0.2, 0.25) is 5.02 Å². The third kappa shape index (κ3) is 2.78. The summed E-state index contributed by atoms with van der Waals surface area (Å²) in [6, 6.07) is 12.5. The number of H-pyrrole nitrogens is 1. The van der Waals surface area contributed by atoms with Gasteiger partial charge < -0.3 is 15.1 Å². The lowest BCUT2D eigenvalue weighted by molar-refractivity contribution is -0.384. The van der Waals surface area contributed by atoms with Crippen LogP contribution >= 0.6 is 11.6 Å². The molecule has 0 aliphatic carbocycles. The molecule has 0 unspecified atom stereocenters. The minimum absolute atomic E-state index is 0.00560. The van der Waals surface area contributed by atoms with E-state index in [4.69, 9.17) is 21.8 Å². The highest BCUT2D eigenvalue weighted by Gasteiger charge is 2.20. The number of halogens is 1. The summed E-state index contributed by atoms with van der Waals surface area (Å²) in [4.78, 5) is 29.9. The predicted octanol–water partition coefficient (Wildman–Crippen LogP) is 4.50. The summed E-state index contributed by atoms with van der Waals surface area (Å²) in [6.45, 7) is 0. The van der Waals surface area contributed by atoms with Gasteiger partial charge in [-0.3, -0.25) is 14.9 Å². The van der Waals surface area contributed by atoms with Crippen LogP contribution in [0.1, 0.15) is 5.56 Å². The number of pyridine rings is 2. The predicted molar refractivity (Wildman–Crippen MR) is 116 cm³/mol. The molecule has 0 fully saturated rings. The zero-order valence-corrected chi connectivity index (χ0v) is 16.2. The van der Waals surface area contributed by atoms with Crippen molar-refractivity contribution < 1.29 is 9.34 Å². The average molecular weight is 432 g/mol. The highest BCUT2D eigenvalue weighted by molar-refractivity contribution is 6.32. The molecule has 0 amide bonds. The Balaban J connectivity index is 1.98. The third-order valence-electron chi connectivity index (χ3n) is 5.03. The van der Waals surface area contributed by atoms with Gasteiger partial charge in [0.2, 0.25) is 5.71 Å². The second-order valence-electron chi connectivity index (χ2n) is 6.82. The molecule has 31 heavy (non-hydrogen) atoms. The molecule has 3 aromatic heterocycles. The van der Waals surface area contributed by atoms with Crippen molar-refractivity contribution in [3.05, 3.63) is 73.4 Å². The van der Waals surface area contributed by atoms with Gasteiger partial charge in [-0.25, -0.2) is 0 Å². The third-order valence-corrected chi connectivity index (χ3v) is 5.34. The summed E-state index contributed by atoms with van der Waals surface area (Å²) in [5.41, 5.74) is 7.37. The topological polar surface area (TPSA) is 152 Å². The van der Waals surface area contributed by atoms with Gasteiger partial charge in [0.25, 0.3) is 5.69 Å². The minimum atomic E-state index is -0.573. The maximum atomic E-state index is 11.8. The molecule has 3 heterocycles. The second kappa shape index (κ2) is 6.55. The van der Waals surface area contributed by atoms with Crippen LogP contribution in [0, 0.1) is 21.4 Å². The standard InChI is InChI=1S/C21H10ClN5O4/c22-14-4-1-9(5-16(14)27(29)30)15-7-12-11-3-2-10(28)6-17(11)31-21-18(12)19(25-15)13(8-23)20(24)26-21/h1-7,25H,(H2,24,26). The molecule has 2 aromatic carbocycles. The Hall–Kier alpha value is -4.42. The molecule has 0 spiro atoms. The number of fused-ring (bicyclic) bond motifs is 2. The van der Waals surface area contributed by atoms with Crippen molar-refractivity contribution >= 4 is 56.1 Å². The summed E-state index contributed by atoms with van der Waals surface area (Å²) in [7, 11) is 0. The number of aromatic amines is 1.